The number of aryl methyl sites for hydroxylation is 1. The van der Waals surface area contributed by atoms with Gasteiger partial charge >= 0.3 is 11.9 Å². The molecule has 0 saturated carbocycles. The Morgan fingerprint density at radius 2 is 1.84 bits per heavy atom. The van der Waals surface area contributed by atoms with Gasteiger partial charge < -0.3 is 20.1 Å². The molecule has 0 atom stereocenters. The van der Waals surface area contributed by atoms with Crippen LogP contribution in [0.4, 0.5) is 10.7 Å². The lowest BCUT2D eigenvalue weighted by Gasteiger charge is -2.10. The Morgan fingerprint density at radius 3 is 2.36 bits per heavy atom. The van der Waals surface area contributed by atoms with Gasteiger partial charge in [-0.2, -0.15) is 5.10 Å². The highest BCUT2D eigenvalue weighted by Crippen LogP contribution is 2.34. The van der Waals surface area contributed by atoms with E-state index in [9.17, 15) is 9.59 Å². The van der Waals surface area contributed by atoms with Crippen molar-refractivity contribution >= 4 is 51.3 Å². The molecule has 0 unspecified atom stereocenters. The molecule has 0 fully saturated rings. The van der Waals surface area contributed by atoms with Gasteiger partial charge in [0, 0.05) is 7.05 Å². The van der Waals surface area contributed by atoms with Crippen molar-refractivity contribution in [3.8, 4) is 0 Å². The molecule has 0 aliphatic carbocycles. The Bertz CT molecular complexity index is 841. The molecule has 2 aromatic heterocycles. The number of nitrogens with one attached hydrogen (secondary N) is 2. The number of thiophene rings is 1. The van der Waals surface area contributed by atoms with Crippen LogP contribution in [0.1, 0.15) is 31.3 Å². The summed E-state index contributed by atoms with van der Waals surface area (Å²) in [5, 5.41) is 10.7. The Kier molecular flexibility index (Phi) is 5.75. The van der Waals surface area contributed by atoms with Crippen LogP contribution in [0.3, 0.4) is 0 Å². The number of hydrogen-bond donors (Lipinski definition) is 2. The molecular weight excluding hydrogens is 364 g/mol. The molecule has 0 radical (unpaired) electrons. The fraction of sp³-hybridized carbons (Fsp3) is 0.333. The lowest BCUT2D eigenvalue weighted by molar-refractivity contribution is 0.0601. The van der Waals surface area contributed by atoms with Crippen molar-refractivity contribution in [3.63, 3.8) is 0 Å². The number of anilines is 2. The summed E-state index contributed by atoms with van der Waals surface area (Å²) in [5.74, 6) is -1.09. The Balaban J connectivity index is 2.31. The van der Waals surface area contributed by atoms with Gasteiger partial charge in [0.05, 0.1) is 37.4 Å². The molecule has 25 heavy (non-hydrogen) atoms. The first kappa shape index (κ1) is 18.9. The van der Waals surface area contributed by atoms with Gasteiger partial charge in [0.15, 0.2) is 5.11 Å². The highest BCUT2D eigenvalue weighted by atomic mass is 32.1. The monoisotopic (exact) mass is 382 g/mol. The van der Waals surface area contributed by atoms with Gasteiger partial charge in [-0.15, -0.1) is 11.3 Å². The van der Waals surface area contributed by atoms with Gasteiger partial charge in [0.2, 0.25) is 0 Å². The number of hydrogen-bond acceptors (Lipinski definition) is 7. The van der Waals surface area contributed by atoms with Crippen LogP contribution in [0, 0.1) is 13.8 Å². The molecule has 2 rings (SSSR count). The van der Waals surface area contributed by atoms with E-state index in [2.05, 4.69) is 15.7 Å². The molecule has 0 aromatic carbocycles. The van der Waals surface area contributed by atoms with E-state index in [0.717, 1.165) is 22.7 Å². The van der Waals surface area contributed by atoms with E-state index in [0.29, 0.717) is 15.4 Å². The molecular formula is C15H18N4O4S2. The Labute approximate surface area is 154 Å². The number of carbonyl (C=O) groups excluding carboxylic acids is 2. The predicted octanol–water partition coefficient (Wildman–Crippen LogP) is 2.48. The van der Waals surface area contributed by atoms with Crippen molar-refractivity contribution < 1.29 is 19.1 Å². The van der Waals surface area contributed by atoms with E-state index in [4.69, 9.17) is 21.7 Å². The first-order valence-electron chi connectivity index (χ1n) is 7.16. The van der Waals surface area contributed by atoms with Crippen molar-refractivity contribution in [3.05, 3.63) is 27.9 Å². The van der Waals surface area contributed by atoms with Crippen molar-refractivity contribution in [2.75, 3.05) is 24.9 Å². The van der Waals surface area contributed by atoms with Gasteiger partial charge in [-0.05, 0) is 31.6 Å². The third-order valence-corrected chi connectivity index (χ3v) is 5.01. The maximum absolute atomic E-state index is 12.1. The summed E-state index contributed by atoms with van der Waals surface area (Å²) < 4.78 is 11.3. The van der Waals surface area contributed by atoms with E-state index >= 15 is 0 Å². The quantitative estimate of drug-likeness (QED) is 0.615. The number of carbonyl (C=O) groups is 2. The lowest BCUT2D eigenvalue weighted by atomic mass is 10.1. The predicted molar refractivity (Wildman–Crippen MR) is 99.5 cm³/mol. The standard InChI is InChI=1S/C15H18N4O4S2/c1-7-10(13(20)22-4)12(25-11(7)14(21)23-5)18-15(24)17-9-6-16-19(3)8(9)2/h6H,1-5H3,(H2,17,18,24). The molecule has 10 heteroatoms. The molecule has 2 heterocycles. The maximum atomic E-state index is 12.1. The zero-order valence-electron chi connectivity index (χ0n) is 14.4. The summed E-state index contributed by atoms with van der Waals surface area (Å²) in [6, 6.07) is 0. The minimum absolute atomic E-state index is 0.250. The highest BCUT2D eigenvalue weighted by molar-refractivity contribution is 7.80. The second-order valence-electron chi connectivity index (χ2n) is 5.09. The van der Waals surface area contributed by atoms with Gasteiger partial charge in [-0.25, -0.2) is 9.59 Å². The van der Waals surface area contributed by atoms with Gasteiger partial charge in [-0.3, -0.25) is 4.68 Å². The third-order valence-electron chi connectivity index (χ3n) is 3.62. The number of aromatic nitrogens is 2. The largest absolute Gasteiger partial charge is 0.465 e. The molecule has 8 nitrogen and oxygen atoms in total. The molecule has 2 N–H and O–H groups in total. The molecule has 0 aliphatic rings. The van der Waals surface area contributed by atoms with Gasteiger partial charge in [0.25, 0.3) is 0 Å². The fourth-order valence-electron chi connectivity index (χ4n) is 2.11. The zero-order chi connectivity index (χ0) is 18.7. The van der Waals surface area contributed by atoms with E-state index in [-0.39, 0.29) is 10.7 Å². The molecule has 0 bridgehead atoms. The van der Waals surface area contributed by atoms with Gasteiger partial charge in [0.1, 0.15) is 9.88 Å². The van der Waals surface area contributed by atoms with Crippen LogP contribution in [0.2, 0.25) is 0 Å². The molecule has 134 valence electrons. The number of ether oxygens (including phenoxy) is 2. The number of thiocarbonyl (C=S) groups is 1. The Morgan fingerprint density at radius 1 is 1.20 bits per heavy atom. The molecule has 2 aromatic rings. The van der Waals surface area contributed by atoms with E-state index in [1.165, 1.54) is 14.2 Å². The summed E-state index contributed by atoms with van der Waals surface area (Å²) >= 11 is 6.37. The first-order valence-corrected chi connectivity index (χ1v) is 8.39. The van der Waals surface area contributed by atoms with Crippen LogP contribution >= 0.6 is 23.6 Å². The lowest BCUT2D eigenvalue weighted by Crippen LogP contribution is -2.20. The fourth-order valence-corrected chi connectivity index (χ4v) is 3.51. The zero-order valence-corrected chi connectivity index (χ0v) is 16.1. The average Bonchev–Trinajstić information content (AvgIpc) is 3.07. The van der Waals surface area contributed by atoms with Crippen LogP contribution < -0.4 is 10.6 Å². The van der Waals surface area contributed by atoms with Gasteiger partial charge in [-0.1, -0.05) is 0 Å². The maximum Gasteiger partial charge on any atom is 0.348 e. The second kappa shape index (κ2) is 7.62. The SMILES string of the molecule is COC(=O)c1sc(NC(=S)Nc2cnn(C)c2C)c(C(=O)OC)c1C. The number of esters is 2. The van der Waals surface area contributed by atoms with E-state index < -0.39 is 11.9 Å². The minimum Gasteiger partial charge on any atom is -0.465 e. The average molecular weight is 382 g/mol. The molecule has 0 aliphatic heterocycles. The van der Waals surface area contributed by atoms with Crippen molar-refractivity contribution in [1.29, 1.82) is 0 Å². The smallest absolute Gasteiger partial charge is 0.348 e. The third kappa shape index (κ3) is 3.80. The second-order valence-corrected chi connectivity index (χ2v) is 6.52. The first-order chi connectivity index (χ1) is 11.8. The number of methoxy groups -OCH3 is 2. The summed E-state index contributed by atoms with van der Waals surface area (Å²) in [6.45, 7) is 3.55. The number of nitrogens with zero attached hydrogens (tertiary/aromatic N) is 2. The molecule has 0 spiro atoms. The van der Waals surface area contributed by atoms with E-state index in [1.807, 2.05) is 14.0 Å². The summed E-state index contributed by atoms with van der Waals surface area (Å²) in [6.07, 6.45) is 1.64. The van der Waals surface area contributed by atoms with Crippen molar-refractivity contribution in [2.45, 2.75) is 13.8 Å². The summed E-state index contributed by atoms with van der Waals surface area (Å²) in [4.78, 5) is 24.3. The normalized spacial score (nSPS) is 10.3. The summed E-state index contributed by atoms with van der Waals surface area (Å²) in [7, 11) is 4.37. The number of rotatable bonds is 4. The van der Waals surface area contributed by atoms with Crippen LogP contribution in [-0.4, -0.2) is 41.1 Å². The molecule has 0 saturated heterocycles. The minimum atomic E-state index is -0.563. The molecule has 0 amide bonds. The van der Waals surface area contributed by atoms with Crippen LogP contribution in [0.25, 0.3) is 0 Å². The van der Waals surface area contributed by atoms with Crippen molar-refractivity contribution in [1.82, 2.24) is 9.78 Å². The van der Waals surface area contributed by atoms with Crippen LogP contribution in [-0.2, 0) is 16.5 Å². The topological polar surface area (TPSA) is 94.5 Å². The van der Waals surface area contributed by atoms with E-state index in [1.54, 1.807) is 17.8 Å². The van der Waals surface area contributed by atoms with Crippen molar-refractivity contribution in [2.24, 2.45) is 7.05 Å². The highest BCUT2D eigenvalue weighted by Gasteiger charge is 2.26. The Hall–Kier alpha value is -2.46. The summed E-state index contributed by atoms with van der Waals surface area (Å²) in [5.41, 5.74) is 2.36. The van der Waals surface area contributed by atoms with Crippen LogP contribution in [0.5, 0.6) is 0 Å². The van der Waals surface area contributed by atoms with Crippen LogP contribution in [0.15, 0.2) is 6.20 Å².